The van der Waals surface area contributed by atoms with Crippen molar-refractivity contribution in [2.75, 3.05) is 0 Å². The van der Waals surface area contributed by atoms with Crippen LogP contribution in [0.2, 0.25) is 0 Å². The van der Waals surface area contributed by atoms with Crippen LogP contribution in [0.1, 0.15) is 21.9 Å². The molecule has 1 aromatic carbocycles. The van der Waals surface area contributed by atoms with Crippen LogP contribution in [-0.4, -0.2) is 11.3 Å². The predicted molar refractivity (Wildman–Crippen MR) is 57.1 cm³/mol. The van der Waals surface area contributed by atoms with Gasteiger partial charge in [0.05, 0.1) is 11.3 Å². The molecule has 18 heavy (non-hydrogen) atoms. The van der Waals surface area contributed by atoms with Crippen LogP contribution in [-0.2, 0) is 6.18 Å². The summed E-state index contributed by atoms with van der Waals surface area (Å²) in [6.07, 6.45) is -4.14. The van der Waals surface area contributed by atoms with Crippen LogP contribution in [0.5, 0.6) is 0 Å². The Morgan fingerprint density at radius 1 is 1.28 bits per heavy atom. The van der Waals surface area contributed by atoms with Gasteiger partial charge in [-0.25, -0.2) is 4.98 Å². The number of benzene rings is 1. The number of aryl methyl sites for hydroxylation is 1. The molecule has 0 saturated heterocycles. The van der Waals surface area contributed by atoms with Crippen molar-refractivity contribution in [1.82, 2.24) is 4.98 Å². The molecule has 0 saturated carbocycles. The first-order valence-electron chi connectivity index (χ1n) is 5.02. The highest BCUT2D eigenvalue weighted by Crippen LogP contribution is 2.38. The molecule has 0 fully saturated rings. The van der Waals surface area contributed by atoms with Gasteiger partial charge >= 0.3 is 6.18 Å². The minimum atomic E-state index is -4.49. The van der Waals surface area contributed by atoms with Gasteiger partial charge in [0.2, 0.25) is 6.29 Å². The molecule has 0 unspecified atom stereocenters. The van der Waals surface area contributed by atoms with E-state index in [-0.39, 0.29) is 22.9 Å². The summed E-state index contributed by atoms with van der Waals surface area (Å²) in [6.45, 7) is 1.49. The number of carbonyl (C=O) groups excluding carboxylic acids is 1. The molecule has 0 amide bonds. The van der Waals surface area contributed by atoms with Crippen molar-refractivity contribution in [2.45, 2.75) is 13.1 Å². The van der Waals surface area contributed by atoms with Crippen LogP contribution < -0.4 is 0 Å². The van der Waals surface area contributed by atoms with Gasteiger partial charge in [-0.2, -0.15) is 13.2 Å². The fraction of sp³-hybridized carbons (Fsp3) is 0.167. The molecular formula is C12H8F3NO2. The van der Waals surface area contributed by atoms with E-state index in [1.807, 2.05) is 0 Å². The number of hydrogen-bond acceptors (Lipinski definition) is 3. The van der Waals surface area contributed by atoms with Crippen molar-refractivity contribution in [1.29, 1.82) is 0 Å². The van der Waals surface area contributed by atoms with E-state index in [9.17, 15) is 18.0 Å². The maximum absolute atomic E-state index is 12.8. The van der Waals surface area contributed by atoms with Crippen LogP contribution in [0.3, 0.4) is 0 Å². The maximum atomic E-state index is 12.8. The summed E-state index contributed by atoms with van der Waals surface area (Å²) in [5, 5.41) is 0. The minimum Gasteiger partial charge on any atom is -0.434 e. The molecule has 0 aliphatic rings. The number of halogens is 3. The fourth-order valence-electron chi connectivity index (χ4n) is 1.65. The maximum Gasteiger partial charge on any atom is 0.417 e. The standard InChI is InChI=1S/C12H8F3NO2/c1-7-11(18-10(6-17)16-7)8-4-2-3-5-9(8)12(13,14)15/h2-6H,1H3. The lowest BCUT2D eigenvalue weighted by Crippen LogP contribution is -2.06. The molecule has 1 aromatic heterocycles. The van der Waals surface area contributed by atoms with Crippen LogP contribution in [0.4, 0.5) is 13.2 Å². The highest BCUT2D eigenvalue weighted by molar-refractivity contribution is 5.72. The van der Waals surface area contributed by atoms with Crippen molar-refractivity contribution < 1.29 is 22.4 Å². The van der Waals surface area contributed by atoms with Gasteiger partial charge in [0.25, 0.3) is 5.89 Å². The second-order valence-electron chi connectivity index (χ2n) is 3.63. The normalized spacial score (nSPS) is 11.6. The van der Waals surface area contributed by atoms with Gasteiger partial charge in [0.15, 0.2) is 5.76 Å². The molecule has 0 radical (unpaired) electrons. The van der Waals surface area contributed by atoms with Gasteiger partial charge in [0, 0.05) is 5.56 Å². The summed E-state index contributed by atoms with van der Waals surface area (Å²) >= 11 is 0. The molecule has 0 bridgehead atoms. The van der Waals surface area contributed by atoms with E-state index in [4.69, 9.17) is 4.42 Å². The molecule has 0 spiro atoms. The lowest BCUT2D eigenvalue weighted by Gasteiger charge is -2.10. The topological polar surface area (TPSA) is 43.1 Å². The summed E-state index contributed by atoms with van der Waals surface area (Å²) in [5.41, 5.74) is -0.696. The Bertz CT molecular complexity index is 587. The van der Waals surface area contributed by atoms with Crippen molar-refractivity contribution in [3.8, 4) is 11.3 Å². The van der Waals surface area contributed by atoms with E-state index in [1.54, 1.807) is 0 Å². The lowest BCUT2D eigenvalue weighted by molar-refractivity contribution is -0.137. The quantitative estimate of drug-likeness (QED) is 0.771. The monoisotopic (exact) mass is 255 g/mol. The summed E-state index contributed by atoms with van der Waals surface area (Å²) in [4.78, 5) is 14.2. The summed E-state index contributed by atoms with van der Waals surface area (Å²) < 4.78 is 43.5. The third kappa shape index (κ3) is 2.13. The zero-order chi connectivity index (χ0) is 13.3. The van der Waals surface area contributed by atoms with E-state index in [0.717, 1.165) is 6.07 Å². The predicted octanol–water partition coefficient (Wildman–Crippen LogP) is 3.48. The van der Waals surface area contributed by atoms with E-state index >= 15 is 0 Å². The number of aldehydes is 1. The third-order valence-corrected chi connectivity index (χ3v) is 2.39. The van der Waals surface area contributed by atoms with E-state index in [2.05, 4.69) is 4.98 Å². The molecule has 0 atom stereocenters. The average molecular weight is 255 g/mol. The number of alkyl halides is 3. The molecule has 0 aliphatic heterocycles. The third-order valence-electron chi connectivity index (χ3n) is 2.39. The van der Waals surface area contributed by atoms with Crippen LogP contribution in [0, 0.1) is 6.92 Å². The van der Waals surface area contributed by atoms with Gasteiger partial charge in [-0.05, 0) is 13.0 Å². The Labute approximate surface area is 100 Å². The minimum absolute atomic E-state index is 0.0370. The molecule has 0 aliphatic carbocycles. The van der Waals surface area contributed by atoms with Crippen molar-refractivity contribution in [3.63, 3.8) is 0 Å². The Kier molecular flexibility index (Phi) is 2.94. The Morgan fingerprint density at radius 2 is 1.94 bits per heavy atom. The summed E-state index contributed by atoms with van der Waals surface area (Å²) in [5.74, 6) is -0.274. The number of aromatic nitrogens is 1. The van der Waals surface area contributed by atoms with Crippen molar-refractivity contribution >= 4 is 6.29 Å². The molecular weight excluding hydrogens is 247 g/mol. The number of oxazole rings is 1. The van der Waals surface area contributed by atoms with Gasteiger partial charge in [-0.15, -0.1) is 0 Å². The summed E-state index contributed by atoms with van der Waals surface area (Å²) in [7, 11) is 0. The number of carbonyl (C=O) groups is 1. The van der Waals surface area contributed by atoms with Crippen LogP contribution >= 0.6 is 0 Å². The molecule has 2 rings (SSSR count). The SMILES string of the molecule is Cc1nc(C=O)oc1-c1ccccc1C(F)(F)F. The second kappa shape index (κ2) is 4.29. The highest BCUT2D eigenvalue weighted by atomic mass is 19.4. The molecule has 1 heterocycles. The molecule has 2 aromatic rings. The first-order valence-corrected chi connectivity index (χ1v) is 5.02. The zero-order valence-corrected chi connectivity index (χ0v) is 9.28. The van der Waals surface area contributed by atoms with Crippen LogP contribution in [0.25, 0.3) is 11.3 Å². The molecule has 94 valence electrons. The Balaban J connectivity index is 2.64. The fourth-order valence-corrected chi connectivity index (χ4v) is 1.65. The molecule has 0 N–H and O–H groups in total. The Hall–Kier alpha value is -2.11. The van der Waals surface area contributed by atoms with Gasteiger partial charge < -0.3 is 4.42 Å². The summed E-state index contributed by atoms with van der Waals surface area (Å²) in [6, 6.07) is 4.99. The number of rotatable bonds is 2. The van der Waals surface area contributed by atoms with Crippen LogP contribution in [0.15, 0.2) is 28.7 Å². The molecule has 6 heteroatoms. The largest absolute Gasteiger partial charge is 0.434 e. The zero-order valence-electron chi connectivity index (χ0n) is 9.28. The lowest BCUT2D eigenvalue weighted by atomic mass is 10.0. The van der Waals surface area contributed by atoms with Gasteiger partial charge in [0.1, 0.15) is 0 Å². The Morgan fingerprint density at radius 3 is 2.50 bits per heavy atom. The smallest absolute Gasteiger partial charge is 0.417 e. The van der Waals surface area contributed by atoms with E-state index in [1.165, 1.54) is 25.1 Å². The van der Waals surface area contributed by atoms with Crippen molar-refractivity contribution in [2.24, 2.45) is 0 Å². The second-order valence-corrected chi connectivity index (χ2v) is 3.63. The first-order chi connectivity index (χ1) is 8.43. The number of hydrogen-bond donors (Lipinski definition) is 0. The first kappa shape index (κ1) is 12.3. The highest BCUT2D eigenvalue weighted by Gasteiger charge is 2.34. The van der Waals surface area contributed by atoms with Gasteiger partial charge in [-0.1, -0.05) is 18.2 Å². The average Bonchev–Trinajstić information content (AvgIpc) is 2.69. The van der Waals surface area contributed by atoms with E-state index in [0.29, 0.717) is 6.29 Å². The molecule has 3 nitrogen and oxygen atoms in total. The number of nitrogens with zero attached hydrogens (tertiary/aromatic N) is 1. The van der Waals surface area contributed by atoms with Gasteiger partial charge in [-0.3, -0.25) is 4.79 Å². The van der Waals surface area contributed by atoms with E-state index < -0.39 is 11.7 Å². The van der Waals surface area contributed by atoms with Crippen molar-refractivity contribution in [3.05, 3.63) is 41.4 Å².